The van der Waals surface area contributed by atoms with Gasteiger partial charge in [-0.15, -0.1) is 0 Å². The summed E-state index contributed by atoms with van der Waals surface area (Å²) in [6.07, 6.45) is 0.988. The highest BCUT2D eigenvalue weighted by molar-refractivity contribution is 5.59. The Kier molecular flexibility index (Phi) is 3.14. The van der Waals surface area contributed by atoms with Gasteiger partial charge in [0.1, 0.15) is 0 Å². The molecule has 2 aliphatic heterocycles. The van der Waals surface area contributed by atoms with Crippen LogP contribution in [0.1, 0.15) is 12.5 Å². The molecule has 2 atom stereocenters. The number of anilines is 2. The Morgan fingerprint density at radius 2 is 2.06 bits per heavy atom. The van der Waals surface area contributed by atoms with Gasteiger partial charge in [-0.25, -0.2) is 0 Å². The number of nitrogens with two attached hydrogens (primary N) is 1. The van der Waals surface area contributed by atoms with Gasteiger partial charge in [0.25, 0.3) is 0 Å². The summed E-state index contributed by atoms with van der Waals surface area (Å²) in [6.45, 7) is 5.83. The Hall–Kier alpha value is -1.26. The maximum absolute atomic E-state index is 5.97. The van der Waals surface area contributed by atoms with Crippen molar-refractivity contribution >= 4 is 11.4 Å². The molecule has 2 heterocycles. The van der Waals surface area contributed by atoms with Gasteiger partial charge in [-0.05, 0) is 30.2 Å². The highest BCUT2D eigenvalue weighted by atomic mass is 16.5. The Balaban J connectivity index is 1.82. The molecule has 1 aromatic carbocycles. The van der Waals surface area contributed by atoms with Crippen LogP contribution in [0.3, 0.4) is 0 Å². The molecule has 0 spiro atoms. The lowest BCUT2D eigenvalue weighted by Crippen LogP contribution is -2.62. The molecule has 0 aromatic heterocycles. The minimum Gasteiger partial charge on any atom is -0.399 e. The van der Waals surface area contributed by atoms with Crippen LogP contribution in [0.25, 0.3) is 0 Å². The standard InChI is InChI=1S/C14H21N3O/c1-2-10-5-13(3-4-14(10)15)17-6-11-8-18-9-12(7-17)16-11/h3-5,11-12,16H,2,6-9,15H2,1H3. The van der Waals surface area contributed by atoms with Crippen molar-refractivity contribution in [3.05, 3.63) is 23.8 Å². The average molecular weight is 247 g/mol. The Bertz CT molecular complexity index is 423. The van der Waals surface area contributed by atoms with Gasteiger partial charge in [0.2, 0.25) is 0 Å². The number of hydrogen-bond donors (Lipinski definition) is 2. The van der Waals surface area contributed by atoms with Crippen molar-refractivity contribution in [1.82, 2.24) is 5.32 Å². The second-order valence-corrected chi connectivity index (χ2v) is 5.24. The van der Waals surface area contributed by atoms with Gasteiger partial charge in [0.15, 0.2) is 0 Å². The van der Waals surface area contributed by atoms with Crippen molar-refractivity contribution < 1.29 is 4.74 Å². The van der Waals surface area contributed by atoms with E-state index in [1.807, 2.05) is 6.07 Å². The quantitative estimate of drug-likeness (QED) is 0.766. The molecule has 98 valence electrons. The number of nitrogens with zero attached hydrogens (tertiary/aromatic N) is 1. The van der Waals surface area contributed by atoms with E-state index in [4.69, 9.17) is 10.5 Å². The zero-order valence-corrected chi connectivity index (χ0v) is 10.9. The zero-order valence-electron chi connectivity index (χ0n) is 10.9. The van der Waals surface area contributed by atoms with E-state index in [1.165, 1.54) is 11.3 Å². The fourth-order valence-corrected chi connectivity index (χ4v) is 2.91. The van der Waals surface area contributed by atoms with E-state index in [0.29, 0.717) is 12.1 Å². The molecule has 3 N–H and O–H groups in total. The predicted molar refractivity (Wildman–Crippen MR) is 74.0 cm³/mol. The maximum atomic E-state index is 5.97. The molecule has 2 fully saturated rings. The third kappa shape index (κ3) is 2.18. The number of piperazine rings is 1. The molecular formula is C14H21N3O. The number of rotatable bonds is 2. The molecule has 0 saturated carbocycles. The van der Waals surface area contributed by atoms with Gasteiger partial charge >= 0.3 is 0 Å². The second kappa shape index (κ2) is 4.78. The minimum absolute atomic E-state index is 0.458. The molecule has 4 nitrogen and oxygen atoms in total. The molecule has 4 heteroatoms. The van der Waals surface area contributed by atoms with Crippen LogP contribution in [0.4, 0.5) is 11.4 Å². The minimum atomic E-state index is 0.458. The van der Waals surface area contributed by atoms with E-state index in [-0.39, 0.29) is 0 Å². The van der Waals surface area contributed by atoms with Crippen molar-refractivity contribution in [2.75, 3.05) is 36.9 Å². The second-order valence-electron chi connectivity index (χ2n) is 5.24. The smallest absolute Gasteiger partial charge is 0.0637 e. The summed E-state index contributed by atoms with van der Waals surface area (Å²) in [5.41, 5.74) is 9.41. The average Bonchev–Trinajstić information content (AvgIpc) is 2.39. The van der Waals surface area contributed by atoms with E-state index in [1.54, 1.807) is 0 Å². The summed E-state index contributed by atoms with van der Waals surface area (Å²) in [4.78, 5) is 2.45. The molecule has 3 rings (SSSR count). The maximum Gasteiger partial charge on any atom is 0.0637 e. The van der Waals surface area contributed by atoms with Crippen LogP contribution in [-0.2, 0) is 11.2 Å². The summed E-state index contributed by atoms with van der Waals surface area (Å²) in [7, 11) is 0. The van der Waals surface area contributed by atoms with Gasteiger partial charge in [-0.1, -0.05) is 6.92 Å². The lowest BCUT2D eigenvalue weighted by molar-refractivity contribution is 0.0376. The monoisotopic (exact) mass is 247 g/mol. The summed E-state index contributed by atoms with van der Waals surface area (Å²) in [6, 6.07) is 7.32. The first-order chi connectivity index (χ1) is 8.76. The zero-order chi connectivity index (χ0) is 12.5. The van der Waals surface area contributed by atoms with Gasteiger partial charge in [-0.3, -0.25) is 0 Å². The van der Waals surface area contributed by atoms with Gasteiger partial charge < -0.3 is 20.7 Å². The molecule has 0 aliphatic carbocycles. The Morgan fingerprint density at radius 3 is 2.72 bits per heavy atom. The van der Waals surface area contributed by atoms with Crippen molar-refractivity contribution in [3.63, 3.8) is 0 Å². The van der Waals surface area contributed by atoms with E-state index in [0.717, 1.165) is 38.4 Å². The molecule has 2 bridgehead atoms. The molecule has 0 amide bonds. The molecule has 18 heavy (non-hydrogen) atoms. The number of nitrogen functional groups attached to an aromatic ring is 1. The SMILES string of the molecule is CCc1cc(N2CC3COCC(C2)N3)ccc1N. The fourth-order valence-electron chi connectivity index (χ4n) is 2.91. The third-order valence-corrected chi connectivity index (χ3v) is 3.86. The van der Waals surface area contributed by atoms with Gasteiger partial charge in [-0.2, -0.15) is 0 Å². The highest BCUT2D eigenvalue weighted by Gasteiger charge is 2.30. The van der Waals surface area contributed by atoms with Crippen molar-refractivity contribution in [3.8, 4) is 0 Å². The highest BCUT2D eigenvalue weighted by Crippen LogP contribution is 2.24. The summed E-state index contributed by atoms with van der Waals surface area (Å²) in [5, 5.41) is 3.60. The van der Waals surface area contributed by atoms with Crippen LogP contribution in [0.5, 0.6) is 0 Å². The molecule has 0 radical (unpaired) electrons. The van der Waals surface area contributed by atoms with Crippen molar-refractivity contribution in [1.29, 1.82) is 0 Å². The predicted octanol–water partition coefficient (Wildman–Crippen LogP) is 1.01. The fraction of sp³-hybridized carbons (Fsp3) is 0.571. The molecule has 2 saturated heterocycles. The van der Waals surface area contributed by atoms with Crippen molar-refractivity contribution in [2.24, 2.45) is 0 Å². The van der Waals surface area contributed by atoms with Crippen LogP contribution in [0.2, 0.25) is 0 Å². The largest absolute Gasteiger partial charge is 0.399 e. The lowest BCUT2D eigenvalue weighted by atomic mass is 10.0. The topological polar surface area (TPSA) is 50.5 Å². The van der Waals surface area contributed by atoms with Crippen molar-refractivity contribution in [2.45, 2.75) is 25.4 Å². The summed E-state index contributed by atoms with van der Waals surface area (Å²) < 4.78 is 5.58. The van der Waals surface area contributed by atoms with E-state index >= 15 is 0 Å². The van der Waals surface area contributed by atoms with E-state index in [9.17, 15) is 0 Å². The number of nitrogens with one attached hydrogen (secondary N) is 1. The number of aryl methyl sites for hydroxylation is 1. The summed E-state index contributed by atoms with van der Waals surface area (Å²) >= 11 is 0. The van der Waals surface area contributed by atoms with E-state index < -0.39 is 0 Å². The van der Waals surface area contributed by atoms with Gasteiger partial charge in [0, 0.05) is 36.5 Å². The number of benzene rings is 1. The Morgan fingerprint density at radius 1 is 1.33 bits per heavy atom. The third-order valence-electron chi connectivity index (χ3n) is 3.86. The number of hydrogen-bond acceptors (Lipinski definition) is 4. The Labute approximate surface area is 108 Å². The van der Waals surface area contributed by atoms with Crippen LogP contribution >= 0.6 is 0 Å². The molecule has 2 aliphatic rings. The lowest BCUT2D eigenvalue weighted by Gasteiger charge is -2.43. The number of morpholine rings is 1. The van der Waals surface area contributed by atoms with Crippen LogP contribution in [0, 0.1) is 0 Å². The number of fused-ring (bicyclic) bond motifs is 2. The summed E-state index contributed by atoms with van der Waals surface area (Å²) in [5.74, 6) is 0. The van der Waals surface area contributed by atoms with Crippen LogP contribution in [-0.4, -0.2) is 38.4 Å². The first kappa shape index (κ1) is 11.8. The van der Waals surface area contributed by atoms with Gasteiger partial charge in [0.05, 0.1) is 13.2 Å². The molecular weight excluding hydrogens is 226 g/mol. The number of ether oxygens (including phenoxy) is 1. The molecule has 1 aromatic rings. The molecule has 2 unspecified atom stereocenters. The first-order valence-electron chi connectivity index (χ1n) is 6.73. The van der Waals surface area contributed by atoms with Crippen LogP contribution < -0.4 is 16.0 Å². The normalized spacial score (nSPS) is 27.3. The van der Waals surface area contributed by atoms with E-state index in [2.05, 4.69) is 29.3 Å². The first-order valence-corrected chi connectivity index (χ1v) is 6.73. The van der Waals surface area contributed by atoms with Crippen LogP contribution in [0.15, 0.2) is 18.2 Å².